The Morgan fingerprint density at radius 3 is 2.51 bits per heavy atom. The van der Waals surface area contributed by atoms with Crippen molar-refractivity contribution in [3.8, 4) is 11.1 Å². The van der Waals surface area contributed by atoms with Crippen LogP contribution >= 0.6 is 0 Å². The molecule has 7 nitrogen and oxygen atoms in total. The third-order valence-corrected chi connectivity index (χ3v) is 8.12. The van der Waals surface area contributed by atoms with E-state index in [1.165, 1.54) is 38.5 Å². The fourth-order valence-electron chi connectivity index (χ4n) is 6.37. The molecule has 8 heteroatoms. The van der Waals surface area contributed by atoms with Gasteiger partial charge in [-0.2, -0.15) is 0 Å². The number of ether oxygens (including phenoxy) is 1. The number of benzene rings is 1. The van der Waals surface area contributed by atoms with E-state index in [1.807, 2.05) is 12.3 Å². The zero-order chi connectivity index (χ0) is 25.4. The lowest BCUT2D eigenvalue weighted by molar-refractivity contribution is -0.0430. The first-order chi connectivity index (χ1) is 18.0. The second kappa shape index (κ2) is 10.1. The molecule has 3 aliphatic heterocycles. The molecule has 3 saturated heterocycles. The molecule has 0 saturated carbocycles. The minimum Gasteiger partial charge on any atom is -0.381 e. The van der Waals surface area contributed by atoms with Crippen LogP contribution < -0.4 is 4.90 Å². The van der Waals surface area contributed by atoms with Crippen molar-refractivity contribution in [3.63, 3.8) is 0 Å². The van der Waals surface area contributed by atoms with Gasteiger partial charge in [-0.05, 0) is 47.9 Å². The summed E-state index contributed by atoms with van der Waals surface area (Å²) in [6.07, 6.45) is 9.91. The Hall–Kier alpha value is -2.97. The molecular weight excluding hydrogens is 467 g/mol. The average molecular weight is 503 g/mol. The monoisotopic (exact) mass is 502 g/mol. The molecule has 5 heterocycles. The Bertz CT molecular complexity index is 1250. The fourth-order valence-corrected chi connectivity index (χ4v) is 6.37. The van der Waals surface area contributed by atoms with Crippen LogP contribution in [0.2, 0.25) is 0 Å². The minimum atomic E-state index is -0.262. The summed E-state index contributed by atoms with van der Waals surface area (Å²) in [5.74, 6) is 1.72. The normalized spacial score (nSPS) is 19.7. The van der Waals surface area contributed by atoms with Crippen LogP contribution in [0.15, 0.2) is 43.2 Å². The molecule has 1 aromatic carbocycles. The zero-order valence-corrected chi connectivity index (χ0v) is 21.7. The minimum absolute atomic E-state index is 0.204. The molecule has 0 unspecified atom stereocenters. The molecule has 0 amide bonds. The van der Waals surface area contributed by atoms with E-state index in [1.54, 1.807) is 24.9 Å². The van der Waals surface area contributed by atoms with Crippen molar-refractivity contribution in [3.05, 3.63) is 65.9 Å². The highest BCUT2D eigenvalue weighted by atomic mass is 19.1. The standard InChI is InChI=1S/C29H35FN6O/c1-20(2)27-26(12-32-18-33-27)25-10-24(30)4-3-22(25)9-23-11-31-19-34-28(23)36-16-29(17-36)14-35(15-29)13-21-5-7-37-8-6-21/h3-4,10-12,18-21H,5-9,13-17H2,1-2H3. The quantitative estimate of drug-likeness (QED) is 0.476. The lowest BCUT2D eigenvalue weighted by Crippen LogP contribution is -2.72. The smallest absolute Gasteiger partial charge is 0.135 e. The molecule has 3 fully saturated rings. The van der Waals surface area contributed by atoms with E-state index in [0.29, 0.717) is 11.8 Å². The Balaban J connectivity index is 1.17. The molecular formula is C29H35FN6O. The highest BCUT2D eigenvalue weighted by molar-refractivity contribution is 5.70. The molecule has 2 aromatic heterocycles. The average Bonchev–Trinajstić information content (AvgIpc) is 2.87. The van der Waals surface area contributed by atoms with Crippen molar-refractivity contribution in [1.82, 2.24) is 24.8 Å². The van der Waals surface area contributed by atoms with Gasteiger partial charge in [0.1, 0.15) is 24.3 Å². The number of halogens is 1. The van der Waals surface area contributed by atoms with E-state index in [-0.39, 0.29) is 11.7 Å². The third-order valence-electron chi connectivity index (χ3n) is 8.12. The molecule has 0 atom stereocenters. The van der Waals surface area contributed by atoms with Gasteiger partial charge in [0.15, 0.2) is 0 Å². The predicted molar refractivity (Wildman–Crippen MR) is 141 cm³/mol. The van der Waals surface area contributed by atoms with Gasteiger partial charge in [0, 0.05) is 81.3 Å². The maximum absolute atomic E-state index is 14.4. The molecule has 0 radical (unpaired) electrons. The second-order valence-electron chi connectivity index (χ2n) is 11.4. The van der Waals surface area contributed by atoms with Crippen molar-refractivity contribution in [2.75, 3.05) is 50.8 Å². The van der Waals surface area contributed by atoms with Gasteiger partial charge < -0.3 is 14.5 Å². The van der Waals surface area contributed by atoms with Crippen molar-refractivity contribution in [1.29, 1.82) is 0 Å². The molecule has 3 aromatic rings. The molecule has 0 bridgehead atoms. The summed E-state index contributed by atoms with van der Waals surface area (Å²) in [5, 5.41) is 0. The van der Waals surface area contributed by atoms with Gasteiger partial charge in [-0.3, -0.25) is 0 Å². The molecule has 37 heavy (non-hydrogen) atoms. The highest BCUT2D eigenvalue weighted by Gasteiger charge is 2.52. The van der Waals surface area contributed by atoms with Crippen LogP contribution in [0.1, 0.15) is 49.4 Å². The summed E-state index contributed by atoms with van der Waals surface area (Å²) in [5.41, 5.74) is 5.12. The van der Waals surface area contributed by atoms with Crippen LogP contribution in [0.3, 0.4) is 0 Å². The van der Waals surface area contributed by atoms with Gasteiger partial charge in [0.25, 0.3) is 0 Å². The van der Waals surface area contributed by atoms with E-state index in [4.69, 9.17) is 4.74 Å². The first kappa shape index (κ1) is 24.4. The van der Waals surface area contributed by atoms with Crippen molar-refractivity contribution in [2.45, 2.75) is 39.0 Å². The van der Waals surface area contributed by atoms with Crippen LogP contribution in [-0.2, 0) is 11.2 Å². The number of aromatic nitrogens is 4. The van der Waals surface area contributed by atoms with E-state index in [9.17, 15) is 4.39 Å². The Labute approximate surface area is 218 Å². The second-order valence-corrected chi connectivity index (χ2v) is 11.4. The van der Waals surface area contributed by atoms with Gasteiger partial charge in [0.05, 0.1) is 5.69 Å². The van der Waals surface area contributed by atoms with Gasteiger partial charge in [-0.25, -0.2) is 24.3 Å². The molecule has 3 aliphatic rings. The Kier molecular flexibility index (Phi) is 6.63. The molecule has 6 rings (SSSR count). The predicted octanol–water partition coefficient (Wildman–Crippen LogP) is 4.34. The lowest BCUT2D eigenvalue weighted by Gasteiger charge is -2.61. The molecule has 0 N–H and O–H groups in total. The maximum Gasteiger partial charge on any atom is 0.135 e. The first-order valence-electron chi connectivity index (χ1n) is 13.4. The van der Waals surface area contributed by atoms with E-state index < -0.39 is 0 Å². The summed E-state index contributed by atoms with van der Waals surface area (Å²) < 4.78 is 19.9. The summed E-state index contributed by atoms with van der Waals surface area (Å²) in [6, 6.07) is 5.00. The lowest BCUT2D eigenvalue weighted by atomic mass is 9.72. The van der Waals surface area contributed by atoms with Gasteiger partial charge in [-0.1, -0.05) is 19.9 Å². The zero-order valence-electron chi connectivity index (χ0n) is 21.7. The number of anilines is 1. The van der Waals surface area contributed by atoms with Crippen LogP contribution in [0, 0.1) is 17.2 Å². The van der Waals surface area contributed by atoms with Gasteiger partial charge in [0.2, 0.25) is 0 Å². The topological polar surface area (TPSA) is 67.3 Å². The van der Waals surface area contributed by atoms with Crippen LogP contribution in [-0.4, -0.2) is 70.8 Å². The summed E-state index contributed by atoms with van der Waals surface area (Å²) >= 11 is 0. The van der Waals surface area contributed by atoms with E-state index >= 15 is 0 Å². The summed E-state index contributed by atoms with van der Waals surface area (Å²) in [4.78, 5) is 22.8. The van der Waals surface area contributed by atoms with Gasteiger partial charge in [-0.15, -0.1) is 0 Å². The summed E-state index contributed by atoms with van der Waals surface area (Å²) in [6.45, 7) is 11.6. The van der Waals surface area contributed by atoms with Crippen LogP contribution in [0.25, 0.3) is 11.1 Å². The fraction of sp³-hybridized carbons (Fsp3) is 0.517. The van der Waals surface area contributed by atoms with Crippen molar-refractivity contribution < 1.29 is 9.13 Å². The number of hydrogen-bond acceptors (Lipinski definition) is 7. The van der Waals surface area contributed by atoms with Gasteiger partial charge >= 0.3 is 0 Å². The summed E-state index contributed by atoms with van der Waals surface area (Å²) in [7, 11) is 0. The van der Waals surface area contributed by atoms with E-state index in [0.717, 1.165) is 66.0 Å². The van der Waals surface area contributed by atoms with Crippen LogP contribution in [0.5, 0.6) is 0 Å². The number of nitrogens with zero attached hydrogens (tertiary/aromatic N) is 6. The Morgan fingerprint density at radius 1 is 0.973 bits per heavy atom. The maximum atomic E-state index is 14.4. The van der Waals surface area contributed by atoms with E-state index in [2.05, 4.69) is 43.6 Å². The SMILES string of the molecule is CC(C)c1ncncc1-c1cc(F)ccc1Cc1cncnc1N1CC2(CN(CC3CCOCC3)C2)C1. The number of rotatable bonds is 7. The van der Waals surface area contributed by atoms with Crippen molar-refractivity contribution in [2.24, 2.45) is 11.3 Å². The highest BCUT2D eigenvalue weighted by Crippen LogP contribution is 2.43. The molecule has 1 spiro atoms. The largest absolute Gasteiger partial charge is 0.381 e. The third kappa shape index (κ3) is 4.97. The number of likely N-dealkylation sites (tertiary alicyclic amines) is 1. The molecule has 194 valence electrons. The van der Waals surface area contributed by atoms with Crippen LogP contribution in [0.4, 0.5) is 10.2 Å². The van der Waals surface area contributed by atoms with Crippen molar-refractivity contribution >= 4 is 5.82 Å². The number of hydrogen-bond donors (Lipinski definition) is 0. The molecule has 0 aliphatic carbocycles. The Morgan fingerprint density at radius 2 is 1.73 bits per heavy atom. The first-order valence-corrected chi connectivity index (χ1v) is 13.4.